The Bertz CT molecular complexity index is 304. The number of nitrogen functional groups attached to an aromatic ring is 1. The molecule has 0 aliphatic carbocycles. The summed E-state index contributed by atoms with van der Waals surface area (Å²) in [5, 5.41) is 0. The van der Waals surface area contributed by atoms with E-state index in [0.717, 1.165) is 0 Å². The van der Waals surface area contributed by atoms with E-state index in [9.17, 15) is 4.79 Å². The van der Waals surface area contributed by atoms with E-state index in [1.807, 2.05) is 0 Å². The summed E-state index contributed by atoms with van der Waals surface area (Å²) in [4.78, 5) is 16.6. The van der Waals surface area contributed by atoms with Gasteiger partial charge in [-0.1, -0.05) is 0 Å². The zero-order valence-corrected chi connectivity index (χ0v) is 6.16. The van der Waals surface area contributed by atoms with Gasteiger partial charge in [-0.3, -0.25) is 0 Å². The van der Waals surface area contributed by atoms with Gasteiger partial charge in [0.25, 0.3) is 0 Å². The second kappa shape index (κ2) is 2.71. The fourth-order valence-electron chi connectivity index (χ4n) is 0.742. The van der Waals surface area contributed by atoms with Crippen molar-refractivity contribution in [1.82, 2.24) is 9.97 Å². The molecule has 5 heteroatoms. The highest BCUT2D eigenvalue weighted by atomic mass is 16.1. The summed E-state index contributed by atoms with van der Waals surface area (Å²) in [7, 11) is 0. The summed E-state index contributed by atoms with van der Waals surface area (Å²) in [6.07, 6.45) is 0. The zero-order chi connectivity index (χ0) is 8.43. The first kappa shape index (κ1) is 7.74. The third kappa shape index (κ3) is 1.78. The van der Waals surface area contributed by atoms with Gasteiger partial charge in [0.05, 0.1) is 0 Å². The van der Waals surface area contributed by atoms with Crippen LogP contribution in [0.4, 0.5) is 5.82 Å². The van der Waals surface area contributed by atoms with E-state index in [1.54, 1.807) is 13.0 Å². The lowest BCUT2D eigenvalue weighted by Crippen LogP contribution is -2.18. The monoisotopic (exact) mass is 154 g/mol. The lowest BCUT2D eigenvalue weighted by molar-refractivity contribution is 0.767. The number of H-pyrrole nitrogens is 1. The molecule has 0 aromatic carbocycles. The molecule has 0 amide bonds. The molecule has 0 saturated carbocycles. The Kier molecular flexibility index (Phi) is 1.91. The first-order valence-electron chi connectivity index (χ1n) is 3.22. The van der Waals surface area contributed by atoms with Crippen LogP contribution < -0.4 is 17.2 Å². The molecular formula is C6H10N4O. The van der Waals surface area contributed by atoms with Gasteiger partial charge in [-0.25, -0.2) is 4.79 Å². The highest BCUT2D eigenvalue weighted by molar-refractivity contribution is 5.28. The van der Waals surface area contributed by atoms with Gasteiger partial charge in [0.15, 0.2) is 0 Å². The Morgan fingerprint density at radius 2 is 2.36 bits per heavy atom. The predicted octanol–water partition coefficient (Wildman–Crippen LogP) is -0.628. The third-order valence-corrected chi connectivity index (χ3v) is 1.28. The van der Waals surface area contributed by atoms with Gasteiger partial charge in [-0.2, -0.15) is 4.98 Å². The van der Waals surface area contributed by atoms with Gasteiger partial charge in [-0.15, -0.1) is 0 Å². The maximum Gasteiger partial charge on any atom is 0.347 e. The van der Waals surface area contributed by atoms with Crippen LogP contribution >= 0.6 is 0 Å². The number of nitrogens with one attached hydrogen (secondary N) is 1. The summed E-state index contributed by atoms with van der Waals surface area (Å²) < 4.78 is 0. The minimum atomic E-state index is -0.461. The van der Waals surface area contributed by atoms with E-state index >= 15 is 0 Å². The van der Waals surface area contributed by atoms with Crippen LogP contribution in [0.1, 0.15) is 18.7 Å². The normalized spacial score (nSPS) is 12.9. The molecule has 0 aliphatic rings. The molecule has 1 rings (SSSR count). The van der Waals surface area contributed by atoms with Crippen molar-refractivity contribution in [3.8, 4) is 0 Å². The Hall–Kier alpha value is -1.36. The van der Waals surface area contributed by atoms with E-state index in [4.69, 9.17) is 11.5 Å². The standard InChI is InChI=1S/C6H10N4O/c1-3(7)4-2-5(8)10-6(11)9-4/h2-3H,7H2,1H3,(H3,8,9,10,11). The van der Waals surface area contributed by atoms with Crippen LogP contribution in [-0.4, -0.2) is 9.97 Å². The molecule has 5 N–H and O–H groups in total. The van der Waals surface area contributed by atoms with Crippen molar-refractivity contribution in [2.75, 3.05) is 5.73 Å². The van der Waals surface area contributed by atoms with Gasteiger partial charge < -0.3 is 16.5 Å². The van der Waals surface area contributed by atoms with E-state index in [2.05, 4.69) is 9.97 Å². The van der Waals surface area contributed by atoms with Crippen molar-refractivity contribution in [2.24, 2.45) is 5.73 Å². The quantitative estimate of drug-likeness (QED) is 0.501. The first-order valence-corrected chi connectivity index (χ1v) is 3.22. The van der Waals surface area contributed by atoms with Crippen molar-refractivity contribution in [3.05, 3.63) is 22.2 Å². The fraction of sp³-hybridized carbons (Fsp3) is 0.333. The lowest BCUT2D eigenvalue weighted by Gasteiger charge is -2.03. The smallest absolute Gasteiger partial charge is 0.347 e. The Labute approximate surface area is 63.4 Å². The molecule has 1 atom stereocenters. The van der Waals surface area contributed by atoms with Crippen molar-refractivity contribution in [3.63, 3.8) is 0 Å². The van der Waals surface area contributed by atoms with Gasteiger partial charge in [0, 0.05) is 17.8 Å². The Morgan fingerprint density at radius 1 is 1.73 bits per heavy atom. The highest BCUT2D eigenvalue weighted by Gasteiger charge is 2.01. The van der Waals surface area contributed by atoms with Crippen LogP contribution in [0, 0.1) is 0 Å². The molecule has 11 heavy (non-hydrogen) atoms. The van der Waals surface area contributed by atoms with E-state index in [0.29, 0.717) is 5.69 Å². The minimum absolute atomic E-state index is 0.195. The van der Waals surface area contributed by atoms with Gasteiger partial charge in [0.2, 0.25) is 0 Å². The largest absolute Gasteiger partial charge is 0.383 e. The van der Waals surface area contributed by atoms with Gasteiger partial charge in [-0.05, 0) is 6.92 Å². The van der Waals surface area contributed by atoms with Crippen LogP contribution in [0.5, 0.6) is 0 Å². The number of rotatable bonds is 1. The molecular weight excluding hydrogens is 144 g/mol. The SMILES string of the molecule is CC(N)c1cc(N)nc(=O)[nH]1. The Balaban J connectivity index is 3.19. The summed E-state index contributed by atoms with van der Waals surface area (Å²) in [6, 6.07) is 1.32. The van der Waals surface area contributed by atoms with E-state index < -0.39 is 5.69 Å². The molecule has 0 radical (unpaired) electrons. The number of anilines is 1. The number of nitrogens with zero attached hydrogens (tertiary/aromatic N) is 1. The molecule has 0 bridgehead atoms. The zero-order valence-electron chi connectivity index (χ0n) is 6.16. The second-order valence-corrected chi connectivity index (χ2v) is 2.36. The van der Waals surface area contributed by atoms with Crippen LogP contribution in [0.2, 0.25) is 0 Å². The summed E-state index contributed by atoms with van der Waals surface area (Å²) >= 11 is 0. The van der Waals surface area contributed by atoms with Crippen LogP contribution in [0.15, 0.2) is 10.9 Å². The average Bonchev–Trinajstić information content (AvgIpc) is 1.85. The minimum Gasteiger partial charge on any atom is -0.383 e. The number of aromatic nitrogens is 2. The fourth-order valence-corrected chi connectivity index (χ4v) is 0.742. The molecule has 1 unspecified atom stereocenters. The summed E-state index contributed by atoms with van der Waals surface area (Å²) in [6.45, 7) is 1.75. The van der Waals surface area contributed by atoms with Crippen LogP contribution in [0.25, 0.3) is 0 Å². The topological polar surface area (TPSA) is 97.8 Å². The van der Waals surface area contributed by atoms with Crippen LogP contribution in [-0.2, 0) is 0 Å². The van der Waals surface area contributed by atoms with Gasteiger partial charge >= 0.3 is 5.69 Å². The van der Waals surface area contributed by atoms with Crippen molar-refractivity contribution in [1.29, 1.82) is 0 Å². The van der Waals surface area contributed by atoms with E-state index in [1.165, 1.54) is 0 Å². The number of nitrogens with two attached hydrogens (primary N) is 2. The number of aromatic amines is 1. The molecule has 0 fully saturated rings. The summed E-state index contributed by atoms with van der Waals surface area (Å²) in [5.74, 6) is 0.195. The van der Waals surface area contributed by atoms with Crippen molar-refractivity contribution >= 4 is 5.82 Å². The molecule has 1 heterocycles. The maximum absolute atomic E-state index is 10.7. The van der Waals surface area contributed by atoms with Crippen molar-refractivity contribution in [2.45, 2.75) is 13.0 Å². The van der Waals surface area contributed by atoms with Gasteiger partial charge in [0.1, 0.15) is 5.82 Å². The maximum atomic E-state index is 10.7. The number of hydrogen-bond donors (Lipinski definition) is 3. The Morgan fingerprint density at radius 3 is 2.82 bits per heavy atom. The highest BCUT2D eigenvalue weighted by Crippen LogP contribution is 2.04. The van der Waals surface area contributed by atoms with Crippen molar-refractivity contribution < 1.29 is 0 Å². The first-order chi connectivity index (χ1) is 5.09. The van der Waals surface area contributed by atoms with E-state index in [-0.39, 0.29) is 11.9 Å². The molecule has 0 aliphatic heterocycles. The third-order valence-electron chi connectivity index (χ3n) is 1.28. The number of hydrogen-bond acceptors (Lipinski definition) is 4. The van der Waals surface area contributed by atoms with Crippen LogP contribution in [0.3, 0.4) is 0 Å². The molecule has 5 nitrogen and oxygen atoms in total. The lowest BCUT2D eigenvalue weighted by atomic mass is 10.2. The predicted molar refractivity (Wildman–Crippen MR) is 41.9 cm³/mol. The molecule has 0 saturated heterocycles. The average molecular weight is 154 g/mol. The molecule has 60 valence electrons. The molecule has 0 spiro atoms. The molecule has 1 aromatic heterocycles. The molecule has 1 aromatic rings. The summed E-state index contributed by atoms with van der Waals surface area (Å²) in [5.41, 5.74) is 10.9. The second-order valence-electron chi connectivity index (χ2n) is 2.36.